The van der Waals surface area contributed by atoms with Gasteiger partial charge in [-0.3, -0.25) is 14.6 Å². The third kappa shape index (κ3) is 3.83. The highest BCUT2D eigenvalue weighted by molar-refractivity contribution is 7.21. The van der Waals surface area contributed by atoms with Crippen LogP contribution in [0.3, 0.4) is 0 Å². The van der Waals surface area contributed by atoms with Crippen molar-refractivity contribution in [1.82, 2.24) is 15.2 Å². The maximum absolute atomic E-state index is 12.8. The number of aliphatic hydroxyl groups excluding tert-OH is 1. The average molecular weight is 466 g/mol. The van der Waals surface area contributed by atoms with E-state index >= 15 is 0 Å². The first-order valence-corrected chi connectivity index (χ1v) is 11.6. The number of ether oxygens (including phenoxy) is 1. The summed E-state index contributed by atoms with van der Waals surface area (Å²) >= 11 is 1.32. The number of benzene rings is 1. The summed E-state index contributed by atoms with van der Waals surface area (Å²) in [5.41, 5.74) is 1.79. The zero-order chi connectivity index (χ0) is 23.1. The van der Waals surface area contributed by atoms with Gasteiger partial charge in [-0.2, -0.15) is 0 Å². The van der Waals surface area contributed by atoms with Crippen LogP contribution in [0.4, 0.5) is 0 Å². The van der Waals surface area contributed by atoms with Gasteiger partial charge < -0.3 is 24.5 Å². The molecule has 0 unspecified atom stereocenters. The molecule has 3 aromatic heterocycles. The SMILES string of the molecule is CCc1oc2cc(Oc3ccnc4cc(C(=O)N5CC[C@@H](O)C5)sc34)ccc2c1C(=O)NC. The highest BCUT2D eigenvalue weighted by atomic mass is 32.1. The minimum Gasteiger partial charge on any atom is -0.460 e. The van der Waals surface area contributed by atoms with E-state index in [0.29, 0.717) is 64.7 Å². The van der Waals surface area contributed by atoms with Gasteiger partial charge in [0.2, 0.25) is 0 Å². The Kier molecular flexibility index (Phi) is 5.51. The first kappa shape index (κ1) is 21.4. The van der Waals surface area contributed by atoms with Crippen molar-refractivity contribution in [1.29, 1.82) is 0 Å². The molecule has 5 rings (SSSR count). The van der Waals surface area contributed by atoms with Crippen LogP contribution in [0.15, 0.2) is 40.9 Å². The monoisotopic (exact) mass is 465 g/mol. The van der Waals surface area contributed by atoms with Gasteiger partial charge in [0.25, 0.3) is 11.8 Å². The number of furan rings is 1. The van der Waals surface area contributed by atoms with Crippen molar-refractivity contribution in [3.8, 4) is 11.5 Å². The lowest BCUT2D eigenvalue weighted by atomic mass is 10.1. The highest BCUT2D eigenvalue weighted by Crippen LogP contribution is 2.37. The van der Waals surface area contributed by atoms with Gasteiger partial charge >= 0.3 is 0 Å². The number of carbonyl (C=O) groups is 2. The smallest absolute Gasteiger partial charge is 0.264 e. The summed E-state index contributed by atoms with van der Waals surface area (Å²) in [7, 11) is 1.60. The number of fused-ring (bicyclic) bond motifs is 2. The number of pyridine rings is 1. The lowest BCUT2D eigenvalue weighted by molar-refractivity contribution is 0.0769. The number of rotatable bonds is 5. The molecule has 4 heterocycles. The van der Waals surface area contributed by atoms with Crippen molar-refractivity contribution in [3.05, 3.63) is 52.7 Å². The number of carbonyl (C=O) groups excluding carboxylic acids is 2. The summed E-state index contributed by atoms with van der Waals surface area (Å²) in [6.45, 7) is 2.84. The molecule has 4 aromatic rings. The molecule has 1 saturated heterocycles. The number of hydrogen-bond donors (Lipinski definition) is 2. The summed E-state index contributed by atoms with van der Waals surface area (Å²) in [4.78, 5) is 31.7. The van der Waals surface area contributed by atoms with E-state index in [1.807, 2.05) is 13.0 Å². The number of nitrogens with one attached hydrogen (secondary N) is 1. The number of amides is 2. The van der Waals surface area contributed by atoms with Crippen LogP contribution in [0.1, 0.15) is 39.1 Å². The van der Waals surface area contributed by atoms with E-state index in [2.05, 4.69) is 10.3 Å². The normalized spacial score (nSPS) is 16.0. The molecular formula is C24H23N3O5S. The number of hydrogen-bond acceptors (Lipinski definition) is 7. The Morgan fingerprint density at radius 2 is 2.18 bits per heavy atom. The van der Waals surface area contributed by atoms with Crippen LogP contribution in [-0.2, 0) is 6.42 Å². The van der Waals surface area contributed by atoms with E-state index in [1.54, 1.807) is 42.4 Å². The van der Waals surface area contributed by atoms with E-state index in [-0.39, 0.29) is 11.8 Å². The van der Waals surface area contributed by atoms with Crippen LogP contribution in [0.2, 0.25) is 0 Å². The molecule has 2 N–H and O–H groups in total. The summed E-state index contributed by atoms with van der Waals surface area (Å²) in [6.07, 6.45) is 2.37. The van der Waals surface area contributed by atoms with Gasteiger partial charge in [0.1, 0.15) is 22.8 Å². The molecule has 0 spiro atoms. The first-order valence-electron chi connectivity index (χ1n) is 10.8. The Hall–Kier alpha value is -3.43. The van der Waals surface area contributed by atoms with E-state index in [9.17, 15) is 14.7 Å². The van der Waals surface area contributed by atoms with Crippen LogP contribution in [-0.4, -0.2) is 53.0 Å². The standard InChI is InChI=1S/C24H23N3O5S/c1-3-17-21(23(29)25-2)15-5-4-14(10-19(15)32-17)31-18-6-8-26-16-11-20(33-22(16)18)24(30)27-9-7-13(28)12-27/h4-6,8,10-11,13,28H,3,7,9,12H2,1-2H3,(H,25,29)/t13-/m1/s1. The second-order valence-corrected chi connectivity index (χ2v) is 8.97. The molecule has 1 aromatic carbocycles. The summed E-state index contributed by atoms with van der Waals surface area (Å²) in [5.74, 6) is 1.47. The van der Waals surface area contributed by atoms with Gasteiger partial charge in [0, 0.05) is 50.3 Å². The molecule has 0 bridgehead atoms. The zero-order valence-electron chi connectivity index (χ0n) is 18.3. The van der Waals surface area contributed by atoms with Gasteiger partial charge in [-0.25, -0.2) is 0 Å². The molecule has 9 heteroatoms. The predicted molar refractivity (Wildman–Crippen MR) is 125 cm³/mol. The molecule has 0 saturated carbocycles. The molecule has 1 fully saturated rings. The summed E-state index contributed by atoms with van der Waals surface area (Å²) < 4.78 is 12.8. The van der Waals surface area contributed by atoms with E-state index in [0.717, 1.165) is 10.1 Å². The van der Waals surface area contributed by atoms with Crippen molar-refractivity contribution in [3.63, 3.8) is 0 Å². The van der Waals surface area contributed by atoms with Crippen LogP contribution in [0.5, 0.6) is 11.5 Å². The highest BCUT2D eigenvalue weighted by Gasteiger charge is 2.27. The second kappa shape index (κ2) is 8.49. The molecule has 33 heavy (non-hydrogen) atoms. The quantitative estimate of drug-likeness (QED) is 0.462. The largest absolute Gasteiger partial charge is 0.460 e. The summed E-state index contributed by atoms with van der Waals surface area (Å²) in [6, 6.07) is 8.89. The third-order valence-corrected chi connectivity index (χ3v) is 6.90. The number of aromatic nitrogens is 1. The number of β-amino-alcohol motifs (C(OH)–C–C–N with tert-alkyl or cyclic N) is 1. The summed E-state index contributed by atoms with van der Waals surface area (Å²) in [5, 5.41) is 13.1. The Morgan fingerprint density at radius 3 is 2.91 bits per heavy atom. The number of thiophene rings is 1. The first-order chi connectivity index (χ1) is 16.0. The Morgan fingerprint density at radius 1 is 1.33 bits per heavy atom. The molecule has 1 aliphatic heterocycles. The number of nitrogens with zero attached hydrogens (tertiary/aromatic N) is 2. The Balaban J connectivity index is 1.47. The maximum Gasteiger partial charge on any atom is 0.264 e. The molecular weight excluding hydrogens is 442 g/mol. The molecule has 1 aliphatic rings. The van der Waals surface area contributed by atoms with Crippen molar-refractivity contribution < 1.29 is 23.8 Å². The van der Waals surface area contributed by atoms with Crippen molar-refractivity contribution in [2.75, 3.05) is 20.1 Å². The number of likely N-dealkylation sites (tertiary alicyclic amines) is 1. The minimum atomic E-state index is -0.464. The van der Waals surface area contributed by atoms with E-state index < -0.39 is 6.10 Å². The van der Waals surface area contributed by atoms with Crippen LogP contribution < -0.4 is 10.1 Å². The lowest BCUT2D eigenvalue weighted by Crippen LogP contribution is -2.28. The molecule has 0 aliphatic carbocycles. The lowest BCUT2D eigenvalue weighted by Gasteiger charge is -2.13. The van der Waals surface area contributed by atoms with E-state index in [1.165, 1.54) is 11.3 Å². The van der Waals surface area contributed by atoms with E-state index in [4.69, 9.17) is 9.15 Å². The van der Waals surface area contributed by atoms with Crippen molar-refractivity contribution in [2.24, 2.45) is 0 Å². The van der Waals surface area contributed by atoms with Gasteiger partial charge in [0.05, 0.1) is 26.8 Å². The van der Waals surface area contributed by atoms with Gasteiger partial charge in [0.15, 0.2) is 0 Å². The predicted octanol–water partition coefficient (Wildman–Crippen LogP) is 3.96. The van der Waals surface area contributed by atoms with Gasteiger partial charge in [-0.05, 0) is 24.6 Å². The second-order valence-electron chi connectivity index (χ2n) is 7.92. The van der Waals surface area contributed by atoms with Gasteiger partial charge in [-0.15, -0.1) is 11.3 Å². The molecule has 8 nitrogen and oxygen atoms in total. The fourth-order valence-corrected chi connectivity index (χ4v) is 5.16. The maximum atomic E-state index is 12.8. The molecule has 170 valence electrons. The molecule has 1 atom stereocenters. The fourth-order valence-electron chi connectivity index (χ4n) is 4.12. The number of aryl methyl sites for hydroxylation is 1. The Bertz CT molecular complexity index is 1380. The topological polar surface area (TPSA) is 105 Å². The average Bonchev–Trinajstić information content (AvgIpc) is 3.54. The minimum absolute atomic E-state index is 0.105. The molecule has 2 amide bonds. The van der Waals surface area contributed by atoms with Crippen LogP contribution >= 0.6 is 11.3 Å². The third-order valence-electron chi connectivity index (χ3n) is 5.77. The van der Waals surface area contributed by atoms with Crippen molar-refractivity contribution in [2.45, 2.75) is 25.9 Å². The van der Waals surface area contributed by atoms with Crippen LogP contribution in [0.25, 0.3) is 21.2 Å². The van der Waals surface area contributed by atoms with Crippen molar-refractivity contribution >= 4 is 44.3 Å². The fraction of sp³-hybridized carbons (Fsp3) is 0.292. The van der Waals surface area contributed by atoms with Crippen LogP contribution in [0, 0.1) is 0 Å². The molecule has 0 radical (unpaired) electrons. The zero-order valence-corrected chi connectivity index (χ0v) is 19.1. The number of aliphatic hydroxyl groups is 1. The Labute approximate surface area is 193 Å². The van der Waals surface area contributed by atoms with Gasteiger partial charge in [-0.1, -0.05) is 6.92 Å².